The van der Waals surface area contributed by atoms with E-state index in [1.165, 1.54) is 83.5 Å². The van der Waals surface area contributed by atoms with Crippen molar-refractivity contribution in [2.45, 2.75) is 162 Å². The van der Waals surface area contributed by atoms with Gasteiger partial charge in [-0.15, -0.1) is 0 Å². The lowest BCUT2D eigenvalue weighted by atomic mass is 9.95. The zero-order valence-electron chi connectivity index (χ0n) is 23.2. The van der Waals surface area contributed by atoms with Gasteiger partial charge < -0.3 is 9.47 Å². The first-order chi connectivity index (χ1) is 16.7. The molecule has 0 aromatic heterocycles. The summed E-state index contributed by atoms with van der Waals surface area (Å²) in [5.41, 5.74) is 0. The van der Waals surface area contributed by atoms with Gasteiger partial charge in [-0.05, 0) is 32.1 Å². The lowest BCUT2D eigenvalue weighted by molar-refractivity contribution is -0.150. The zero-order chi connectivity index (χ0) is 25.1. The Bertz CT molecular complexity index is 449. The maximum absolute atomic E-state index is 12.7. The van der Waals surface area contributed by atoms with Crippen molar-refractivity contribution in [3.8, 4) is 0 Å². The smallest absolute Gasteiger partial charge is 0.308 e. The highest BCUT2D eigenvalue weighted by Gasteiger charge is 2.20. The summed E-state index contributed by atoms with van der Waals surface area (Å²) in [7, 11) is 0. The van der Waals surface area contributed by atoms with Crippen molar-refractivity contribution in [2.24, 2.45) is 5.92 Å². The van der Waals surface area contributed by atoms with Crippen LogP contribution < -0.4 is 0 Å². The maximum atomic E-state index is 12.7. The molecule has 4 heteroatoms. The Hall–Kier alpha value is -1.06. The third kappa shape index (κ3) is 22.7. The number of esters is 2. The number of hydrogen-bond donors (Lipinski definition) is 0. The first kappa shape index (κ1) is 32.9. The number of hydrogen-bond acceptors (Lipinski definition) is 4. The van der Waals surface area contributed by atoms with Crippen LogP contribution in [0, 0.1) is 5.92 Å². The molecule has 34 heavy (non-hydrogen) atoms. The van der Waals surface area contributed by atoms with Gasteiger partial charge in [0.15, 0.2) is 0 Å². The van der Waals surface area contributed by atoms with Gasteiger partial charge in [-0.2, -0.15) is 0 Å². The minimum atomic E-state index is -0.120. The minimum absolute atomic E-state index is 0.0557. The summed E-state index contributed by atoms with van der Waals surface area (Å²) >= 11 is 0. The average Bonchev–Trinajstić information content (AvgIpc) is 2.83. The lowest BCUT2D eigenvalue weighted by Gasteiger charge is -2.16. The summed E-state index contributed by atoms with van der Waals surface area (Å²) in [5, 5.41) is 0. The summed E-state index contributed by atoms with van der Waals surface area (Å²) in [5.74, 6) is -0.247. The third-order valence-corrected chi connectivity index (χ3v) is 6.68. The van der Waals surface area contributed by atoms with Crippen LogP contribution in [0.3, 0.4) is 0 Å². The Morgan fingerprint density at radius 3 is 1.44 bits per heavy atom. The lowest BCUT2D eigenvalue weighted by Crippen LogP contribution is -2.19. The molecule has 4 nitrogen and oxygen atoms in total. The fraction of sp³-hybridized carbons (Fsp3) is 0.933. The van der Waals surface area contributed by atoms with E-state index < -0.39 is 0 Å². The first-order valence-corrected chi connectivity index (χ1v) is 15.0. The Balaban J connectivity index is 4.04. The van der Waals surface area contributed by atoms with Crippen molar-refractivity contribution >= 4 is 11.9 Å². The highest BCUT2D eigenvalue weighted by molar-refractivity contribution is 5.72. The van der Waals surface area contributed by atoms with Gasteiger partial charge in [0, 0.05) is 6.42 Å². The summed E-state index contributed by atoms with van der Waals surface area (Å²) in [6.45, 7) is 7.74. The summed E-state index contributed by atoms with van der Waals surface area (Å²) < 4.78 is 11.0. The van der Waals surface area contributed by atoms with E-state index in [0.717, 1.165) is 44.9 Å². The summed E-state index contributed by atoms with van der Waals surface area (Å²) in [6, 6.07) is 0. The predicted molar refractivity (Wildman–Crippen MR) is 144 cm³/mol. The van der Waals surface area contributed by atoms with Crippen LogP contribution in [0.1, 0.15) is 162 Å². The fourth-order valence-corrected chi connectivity index (χ4v) is 4.36. The third-order valence-electron chi connectivity index (χ3n) is 6.68. The molecular weight excluding hydrogens is 424 g/mol. The molecule has 0 aromatic carbocycles. The van der Waals surface area contributed by atoms with Crippen LogP contribution in [0.2, 0.25) is 0 Å². The van der Waals surface area contributed by atoms with Crippen molar-refractivity contribution in [3.05, 3.63) is 0 Å². The quantitative estimate of drug-likeness (QED) is 0.0910. The highest BCUT2D eigenvalue weighted by atomic mass is 16.5. The van der Waals surface area contributed by atoms with E-state index in [-0.39, 0.29) is 17.9 Å². The topological polar surface area (TPSA) is 52.6 Å². The van der Waals surface area contributed by atoms with Crippen LogP contribution in [0.5, 0.6) is 0 Å². The molecule has 202 valence electrons. The van der Waals surface area contributed by atoms with Crippen LogP contribution in [0.25, 0.3) is 0 Å². The first-order valence-electron chi connectivity index (χ1n) is 15.0. The Labute approximate surface area is 212 Å². The molecule has 0 aliphatic rings. The van der Waals surface area contributed by atoms with Gasteiger partial charge in [0.05, 0.1) is 19.1 Å². The zero-order valence-corrected chi connectivity index (χ0v) is 23.2. The summed E-state index contributed by atoms with van der Waals surface area (Å²) in [6.07, 6.45) is 24.5. The van der Waals surface area contributed by atoms with E-state index in [4.69, 9.17) is 9.47 Å². The van der Waals surface area contributed by atoms with Crippen LogP contribution in [0.4, 0.5) is 0 Å². The van der Waals surface area contributed by atoms with E-state index in [0.29, 0.717) is 26.1 Å². The summed E-state index contributed by atoms with van der Waals surface area (Å²) in [4.78, 5) is 24.7. The molecule has 0 saturated carbocycles. The molecule has 0 fully saturated rings. The molecule has 0 saturated heterocycles. The standard InChI is InChI=1S/C30H58O4/c1-4-7-10-13-15-16-18-21-27-34-30(32)28(23-19-12-9-6-3)24-22-25-29(31)33-26-20-17-14-11-8-5-2/h28H,4-27H2,1-3H3. The molecule has 1 unspecified atom stereocenters. The van der Waals surface area contributed by atoms with Crippen molar-refractivity contribution in [3.63, 3.8) is 0 Å². The molecule has 0 spiro atoms. The molecule has 0 N–H and O–H groups in total. The molecule has 0 amide bonds. The van der Waals surface area contributed by atoms with Crippen molar-refractivity contribution in [1.29, 1.82) is 0 Å². The van der Waals surface area contributed by atoms with Crippen LogP contribution >= 0.6 is 0 Å². The molecule has 0 aromatic rings. The van der Waals surface area contributed by atoms with Crippen molar-refractivity contribution in [2.75, 3.05) is 13.2 Å². The average molecular weight is 483 g/mol. The maximum Gasteiger partial charge on any atom is 0.308 e. The Kier molecular flexibility index (Phi) is 25.7. The van der Waals surface area contributed by atoms with Gasteiger partial charge in [0.2, 0.25) is 0 Å². The molecule has 0 bridgehead atoms. The van der Waals surface area contributed by atoms with E-state index >= 15 is 0 Å². The largest absolute Gasteiger partial charge is 0.466 e. The van der Waals surface area contributed by atoms with E-state index in [1.54, 1.807) is 0 Å². The van der Waals surface area contributed by atoms with E-state index in [9.17, 15) is 9.59 Å². The molecule has 0 rings (SSSR count). The van der Waals surface area contributed by atoms with Crippen LogP contribution in [-0.4, -0.2) is 25.2 Å². The van der Waals surface area contributed by atoms with Crippen molar-refractivity contribution < 1.29 is 19.1 Å². The molecule has 1 atom stereocenters. The molecule has 0 aliphatic heterocycles. The van der Waals surface area contributed by atoms with Gasteiger partial charge in [-0.3, -0.25) is 9.59 Å². The van der Waals surface area contributed by atoms with Gasteiger partial charge in [-0.25, -0.2) is 0 Å². The molecule has 0 heterocycles. The number of carbonyl (C=O) groups is 2. The second kappa shape index (κ2) is 26.5. The predicted octanol–water partition coefficient (Wildman–Crippen LogP) is 9.33. The van der Waals surface area contributed by atoms with Gasteiger partial charge in [-0.1, -0.05) is 124 Å². The highest BCUT2D eigenvalue weighted by Crippen LogP contribution is 2.20. The number of rotatable bonds is 26. The second-order valence-electron chi connectivity index (χ2n) is 10.1. The Morgan fingerprint density at radius 1 is 0.500 bits per heavy atom. The molecular formula is C30H58O4. The fourth-order valence-electron chi connectivity index (χ4n) is 4.36. The second-order valence-corrected chi connectivity index (χ2v) is 10.1. The molecule has 0 aliphatic carbocycles. The number of ether oxygens (including phenoxy) is 2. The van der Waals surface area contributed by atoms with E-state index in [2.05, 4.69) is 20.8 Å². The SMILES string of the molecule is CCCCCCCCCCOC(=O)C(CCCCCC)CCCC(=O)OCCCCCCCC. The van der Waals surface area contributed by atoms with Crippen LogP contribution in [-0.2, 0) is 19.1 Å². The Morgan fingerprint density at radius 2 is 0.912 bits per heavy atom. The minimum Gasteiger partial charge on any atom is -0.466 e. The van der Waals surface area contributed by atoms with Gasteiger partial charge in [0.25, 0.3) is 0 Å². The molecule has 0 radical (unpaired) electrons. The van der Waals surface area contributed by atoms with Gasteiger partial charge in [0.1, 0.15) is 0 Å². The van der Waals surface area contributed by atoms with Gasteiger partial charge >= 0.3 is 11.9 Å². The van der Waals surface area contributed by atoms with Crippen molar-refractivity contribution in [1.82, 2.24) is 0 Å². The number of carbonyl (C=O) groups excluding carboxylic acids is 2. The van der Waals surface area contributed by atoms with E-state index in [1.807, 2.05) is 0 Å². The number of unbranched alkanes of at least 4 members (excludes halogenated alkanes) is 15. The van der Waals surface area contributed by atoms with Crippen LogP contribution in [0.15, 0.2) is 0 Å². The normalized spacial score (nSPS) is 12.0. The monoisotopic (exact) mass is 482 g/mol.